The van der Waals surface area contributed by atoms with E-state index >= 15 is 0 Å². The molecule has 104 valence electrons. The van der Waals surface area contributed by atoms with Gasteiger partial charge in [0, 0.05) is 10.1 Å². The van der Waals surface area contributed by atoms with Crippen molar-refractivity contribution in [1.82, 2.24) is 0 Å². The number of nitrogens with two attached hydrogens (primary N) is 1. The summed E-state index contributed by atoms with van der Waals surface area (Å²) in [5.74, 6) is -0.247. The summed E-state index contributed by atoms with van der Waals surface area (Å²) in [6.07, 6.45) is 2.38. The second-order valence-electron chi connectivity index (χ2n) is 5.12. The average molecular weight is 279 g/mol. The predicted octanol–water partition coefficient (Wildman–Crippen LogP) is 2.90. The molecule has 0 amide bonds. The van der Waals surface area contributed by atoms with Crippen LogP contribution in [-0.2, 0) is 9.53 Å². The van der Waals surface area contributed by atoms with Gasteiger partial charge in [0.1, 0.15) is 5.54 Å². The minimum atomic E-state index is -0.781. The number of ether oxygens (including phenoxy) is 1. The molecule has 1 aliphatic rings. The van der Waals surface area contributed by atoms with Crippen molar-refractivity contribution in [3.8, 4) is 0 Å². The normalized spacial score (nSPS) is 26.4. The molecule has 2 N–H and O–H groups in total. The summed E-state index contributed by atoms with van der Waals surface area (Å²) >= 11 is 1.83. The lowest BCUT2D eigenvalue weighted by molar-refractivity contribution is -0.149. The smallest absolute Gasteiger partial charge is 0.326 e. The number of rotatable bonds is 4. The number of carbonyl (C=O) groups excluding carboxylic acids is 1. The van der Waals surface area contributed by atoms with E-state index in [-0.39, 0.29) is 5.97 Å². The van der Waals surface area contributed by atoms with Crippen molar-refractivity contribution in [2.75, 3.05) is 6.61 Å². The fourth-order valence-electron chi connectivity index (χ4n) is 2.46. The van der Waals surface area contributed by atoms with Crippen molar-refractivity contribution in [3.05, 3.63) is 29.8 Å². The second-order valence-corrected chi connectivity index (χ2v) is 6.47. The lowest BCUT2D eigenvalue weighted by atomic mass is 10.00. The van der Waals surface area contributed by atoms with E-state index < -0.39 is 5.54 Å². The molecule has 0 aliphatic heterocycles. The minimum Gasteiger partial charge on any atom is -0.465 e. The van der Waals surface area contributed by atoms with Crippen molar-refractivity contribution in [2.45, 2.75) is 48.8 Å². The summed E-state index contributed by atoms with van der Waals surface area (Å²) in [4.78, 5) is 13.2. The number of hydrogen-bond donors (Lipinski definition) is 1. The minimum absolute atomic E-state index is 0.247. The fraction of sp³-hybridized carbons (Fsp3) is 0.533. The van der Waals surface area contributed by atoms with E-state index in [9.17, 15) is 4.79 Å². The maximum Gasteiger partial charge on any atom is 0.326 e. The standard InChI is InChI=1S/C15H21NO2S/c1-3-18-14(17)15(16)9-8-12(10-15)19-13-7-5-4-6-11(13)2/h4-7,12H,3,8-10,16H2,1-2H3. The van der Waals surface area contributed by atoms with Gasteiger partial charge < -0.3 is 10.5 Å². The first-order chi connectivity index (χ1) is 9.05. The Morgan fingerprint density at radius 3 is 2.95 bits per heavy atom. The van der Waals surface area contributed by atoms with Crippen molar-refractivity contribution in [3.63, 3.8) is 0 Å². The van der Waals surface area contributed by atoms with Gasteiger partial charge in [0.2, 0.25) is 0 Å². The highest BCUT2D eigenvalue weighted by atomic mass is 32.2. The van der Waals surface area contributed by atoms with Gasteiger partial charge in [0.15, 0.2) is 0 Å². The molecule has 0 heterocycles. The third-order valence-corrected chi connectivity index (χ3v) is 5.02. The molecule has 2 atom stereocenters. The zero-order valence-electron chi connectivity index (χ0n) is 11.5. The Labute approximate surface area is 118 Å². The number of thioether (sulfide) groups is 1. The van der Waals surface area contributed by atoms with Crippen LogP contribution in [0.2, 0.25) is 0 Å². The summed E-state index contributed by atoms with van der Waals surface area (Å²) in [6, 6.07) is 8.32. The molecule has 1 aromatic carbocycles. The summed E-state index contributed by atoms with van der Waals surface area (Å²) in [5.41, 5.74) is 6.68. The molecule has 3 nitrogen and oxygen atoms in total. The number of benzene rings is 1. The molecule has 2 unspecified atom stereocenters. The molecule has 0 saturated heterocycles. The largest absolute Gasteiger partial charge is 0.465 e. The van der Waals surface area contributed by atoms with Crippen molar-refractivity contribution < 1.29 is 9.53 Å². The Morgan fingerprint density at radius 1 is 1.53 bits per heavy atom. The van der Waals surface area contributed by atoms with Crippen molar-refractivity contribution in [2.24, 2.45) is 5.73 Å². The van der Waals surface area contributed by atoms with E-state index in [1.807, 2.05) is 30.8 Å². The first-order valence-electron chi connectivity index (χ1n) is 6.73. The summed E-state index contributed by atoms with van der Waals surface area (Å²) < 4.78 is 5.08. The molecule has 0 aromatic heterocycles. The van der Waals surface area contributed by atoms with Crippen LogP contribution in [0.25, 0.3) is 0 Å². The lowest BCUT2D eigenvalue weighted by Crippen LogP contribution is -2.47. The topological polar surface area (TPSA) is 52.3 Å². The third-order valence-electron chi connectivity index (χ3n) is 3.57. The van der Waals surface area contributed by atoms with E-state index in [1.54, 1.807) is 0 Å². The molecule has 1 saturated carbocycles. The Kier molecular flexibility index (Phi) is 4.53. The monoisotopic (exact) mass is 279 g/mol. The summed E-state index contributed by atoms with van der Waals surface area (Å²) in [7, 11) is 0. The Hall–Kier alpha value is -1.00. The van der Waals surface area contributed by atoms with E-state index in [0.29, 0.717) is 18.3 Å². The molecule has 1 fully saturated rings. The maximum absolute atomic E-state index is 11.9. The van der Waals surface area contributed by atoms with Crippen LogP contribution >= 0.6 is 11.8 Å². The number of carbonyl (C=O) groups is 1. The highest BCUT2D eigenvalue weighted by Crippen LogP contribution is 2.40. The number of hydrogen-bond acceptors (Lipinski definition) is 4. The van der Waals surface area contributed by atoms with E-state index in [4.69, 9.17) is 10.5 Å². The molecule has 4 heteroatoms. The zero-order chi connectivity index (χ0) is 13.9. The van der Waals surface area contributed by atoms with E-state index in [0.717, 1.165) is 12.8 Å². The Bertz CT molecular complexity index is 463. The van der Waals surface area contributed by atoms with Crippen molar-refractivity contribution in [1.29, 1.82) is 0 Å². The molecular formula is C15H21NO2S. The maximum atomic E-state index is 11.9. The fourth-order valence-corrected chi connectivity index (χ4v) is 3.84. The number of esters is 1. The van der Waals surface area contributed by atoms with Crippen LogP contribution in [0.15, 0.2) is 29.2 Å². The van der Waals surface area contributed by atoms with Gasteiger partial charge in [-0.2, -0.15) is 0 Å². The predicted molar refractivity (Wildman–Crippen MR) is 78.2 cm³/mol. The average Bonchev–Trinajstić information content (AvgIpc) is 2.76. The molecule has 19 heavy (non-hydrogen) atoms. The van der Waals surface area contributed by atoms with Gasteiger partial charge in [-0.1, -0.05) is 18.2 Å². The van der Waals surface area contributed by atoms with Crippen LogP contribution in [0, 0.1) is 6.92 Å². The van der Waals surface area contributed by atoms with Crippen LogP contribution < -0.4 is 5.73 Å². The Balaban J connectivity index is 1.99. The van der Waals surface area contributed by atoms with Gasteiger partial charge in [-0.3, -0.25) is 4.79 Å². The van der Waals surface area contributed by atoms with Gasteiger partial charge in [0.05, 0.1) is 6.61 Å². The summed E-state index contributed by atoms with van der Waals surface area (Å²) in [5, 5.41) is 0.399. The highest BCUT2D eigenvalue weighted by Gasteiger charge is 2.43. The van der Waals surface area contributed by atoms with Gasteiger partial charge in [0.25, 0.3) is 0 Å². The SMILES string of the molecule is CCOC(=O)C1(N)CCC(Sc2ccccc2C)C1. The molecule has 1 aliphatic carbocycles. The third kappa shape index (κ3) is 3.31. The van der Waals surface area contributed by atoms with Gasteiger partial charge in [-0.25, -0.2) is 0 Å². The van der Waals surface area contributed by atoms with Crippen LogP contribution in [0.3, 0.4) is 0 Å². The first-order valence-corrected chi connectivity index (χ1v) is 7.61. The summed E-state index contributed by atoms with van der Waals surface area (Å²) in [6.45, 7) is 4.32. The number of aryl methyl sites for hydroxylation is 1. The molecule has 0 radical (unpaired) electrons. The lowest BCUT2D eigenvalue weighted by Gasteiger charge is -2.21. The molecule has 2 rings (SSSR count). The molecule has 0 bridgehead atoms. The quantitative estimate of drug-likeness (QED) is 0.861. The second kappa shape index (κ2) is 5.97. The van der Waals surface area contributed by atoms with Crippen LogP contribution in [0.1, 0.15) is 31.7 Å². The van der Waals surface area contributed by atoms with Gasteiger partial charge >= 0.3 is 5.97 Å². The zero-order valence-corrected chi connectivity index (χ0v) is 12.3. The van der Waals surface area contributed by atoms with Crippen LogP contribution in [-0.4, -0.2) is 23.4 Å². The van der Waals surface area contributed by atoms with Crippen LogP contribution in [0.5, 0.6) is 0 Å². The van der Waals surface area contributed by atoms with Crippen molar-refractivity contribution >= 4 is 17.7 Å². The highest BCUT2D eigenvalue weighted by molar-refractivity contribution is 8.00. The van der Waals surface area contributed by atoms with Gasteiger partial charge in [-0.05, 0) is 44.7 Å². The molecule has 1 aromatic rings. The van der Waals surface area contributed by atoms with Crippen LogP contribution in [0.4, 0.5) is 0 Å². The Morgan fingerprint density at radius 2 is 2.26 bits per heavy atom. The van der Waals surface area contributed by atoms with E-state index in [1.165, 1.54) is 10.5 Å². The molecule has 0 spiro atoms. The first kappa shape index (κ1) is 14.4. The molecular weight excluding hydrogens is 258 g/mol. The van der Waals surface area contributed by atoms with E-state index in [2.05, 4.69) is 19.1 Å². The van der Waals surface area contributed by atoms with Gasteiger partial charge in [-0.15, -0.1) is 11.8 Å².